The van der Waals surface area contributed by atoms with Crippen molar-refractivity contribution in [1.29, 1.82) is 0 Å². The maximum Gasteiger partial charge on any atom is 0.411 e. The second-order valence-electron chi connectivity index (χ2n) is 7.86. The molecule has 1 saturated heterocycles. The first-order valence-electron chi connectivity index (χ1n) is 7.73. The Morgan fingerprint density at radius 3 is 2.38 bits per heavy atom. The molecule has 3 nitrogen and oxygen atoms in total. The summed E-state index contributed by atoms with van der Waals surface area (Å²) in [5.41, 5.74) is 2.95. The molecule has 2 aliphatic rings. The first kappa shape index (κ1) is 14.4. The molecule has 2 aliphatic heterocycles. The number of aryl methyl sites for hydroxylation is 1. The van der Waals surface area contributed by atoms with Crippen molar-refractivity contribution in [3.05, 3.63) is 34.9 Å². The number of fused-ring (bicyclic) bond motifs is 5. The Hall–Kier alpha value is -1.51. The number of ether oxygens (including phenoxy) is 1. The summed E-state index contributed by atoms with van der Waals surface area (Å²) >= 11 is 0. The maximum atomic E-state index is 12.8. The summed E-state index contributed by atoms with van der Waals surface area (Å²) in [5, 5.41) is 0. The molecule has 21 heavy (non-hydrogen) atoms. The predicted octanol–water partition coefficient (Wildman–Crippen LogP) is 4.47. The number of carbonyl (C=O) groups excluding carboxylic acids is 1. The van der Waals surface area contributed by atoms with Crippen LogP contribution in [0.25, 0.3) is 0 Å². The molecule has 3 heteroatoms. The van der Waals surface area contributed by atoms with Gasteiger partial charge in [-0.05, 0) is 71.1 Å². The van der Waals surface area contributed by atoms with Crippen molar-refractivity contribution < 1.29 is 9.53 Å². The van der Waals surface area contributed by atoms with E-state index in [1.165, 1.54) is 16.7 Å². The Labute approximate surface area is 127 Å². The average molecular weight is 287 g/mol. The van der Waals surface area contributed by atoms with Gasteiger partial charge in [0, 0.05) is 0 Å². The summed E-state index contributed by atoms with van der Waals surface area (Å²) in [5.74, 6) is 0. The van der Waals surface area contributed by atoms with Crippen LogP contribution in [-0.4, -0.2) is 16.6 Å². The van der Waals surface area contributed by atoms with Gasteiger partial charge < -0.3 is 4.74 Å². The second kappa shape index (κ2) is 4.02. The van der Waals surface area contributed by atoms with E-state index >= 15 is 0 Å². The van der Waals surface area contributed by atoms with Crippen molar-refractivity contribution in [1.82, 2.24) is 4.90 Å². The fraction of sp³-hybridized carbons (Fsp3) is 0.611. The smallest absolute Gasteiger partial charge is 0.411 e. The molecule has 114 valence electrons. The van der Waals surface area contributed by atoms with Crippen LogP contribution in [0.4, 0.5) is 4.79 Å². The summed E-state index contributed by atoms with van der Waals surface area (Å²) in [6.07, 6.45) is 1.81. The number of amides is 1. The van der Waals surface area contributed by atoms with E-state index in [0.29, 0.717) is 0 Å². The van der Waals surface area contributed by atoms with Gasteiger partial charge in [0.1, 0.15) is 5.60 Å². The van der Waals surface area contributed by atoms with E-state index in [-0.39, 0.29) is 17.2 Å². The molecule has 0 saturated carbocycles. The van der Waals surface area contributed by atoms with E-state index in [9.17, 15) is 4.79 Å². The lowest BCUT2D eigenvalue weighted by Gasteiger charge is -2.37. The van der Waals surface area contributed by atoms with Gasteiger partial charge in [0.05, 0.1) is 11.1 Å². The van der Waals surface area contributed by atoms with Gasteiger partial charge in [-0.25, -0.2) is 4.79 Å². The van der Waals surface area contributed by atoms with Gasteiger partial charge >= 0.3 is 6.09 Å². The lowest BCUT2D eigenvalue weighted by molar-refractivity contribution is -0.00885. The lowest BCUT2D eigenvalue weighted by Crippen LogP contribution is -2.47. The van der Waals surface area contributed by atoms with E-state index in [4.69, 9.17) is 4.74 Å². The topological polar surface area (TPSA) is 29.5 Å². The summed E-state index contributed by atoms with van der Waals surface area (Å²) in [6, 6.07) is 6.41. The maximum absolute atomic E-state index is 12.8. The number of carbonyl (C=O) groups is 1. The fourth-order valence-corrected chi connectivity index (χ4v) is 4.29. The van der Waals surface area contributed by atoms with E-state index in [2.05, 4.69) is 39.0 Å². The third-order valence-corrected chi connectivity index (χ3v) is 5.05. The molecule has 2 heterocycles. The Balaban J connectivity index is 2.10. The first-order valence-corrected chi connectivity index (χ1v) is 7.73. The van der Waals surface area contributed by atoms with Crippen molar-refractivity contribution in [3.8, 4) is 0 Å². The average Bonchev–Trinajstić information content (AvgIpc) is 2.70. The van der Waals surface area contributed by atoms with E-state index in [1.807, 2.05) is 25.7 Å². The highest BCUT2D eigenvalue weighted by Crippen LogP contribution is 2.61. The largest absolute Gasteiger partial charge is 0.444 e. The van der Waals surface area contributed by atoms with Crippen molar-refractivity contribution in [3.63, 3.8) is 0 Å². The standard InChI is InChI=1S/C18H25NO2/c1-12-8-7-9-13-14(12)18(6)11-10-17(13,5)19(18)15(20)21-16(2,3)4/h7-9H,10-11H2,1-6H3/t17-,18+/m0/s1. The molecule has 3 rings (SSSR count). The second-order valence-corrected chi connectivity index (χ2v) is 7.86. The zero-order valence-corrected chi connectivity index (χ0v) is 13.9. The van der Waals surface area contributed by atoms with Crippen molar-refractivity contribution in [2.45, 2.75) is 71.1 Å². The minimum Gasteiger partial charge on any atom is -0.444 e. The zero-order valence-electron chi connectivity index (χ0n) is 13.9. The van der Waals surface area contributed by atoms with Crippen LogP contribution in [0.1, 0.15) is 64.2 Å². The third-order valence-electron chi connectivity index (χ3n) is 5.05. The molecule has 2 bridgehead atoms. The van der Waals surface area contributed by atoms with Crippen LogP contribution < -0.4 is 0 Å². The van der Waals surface area contributed by atoms with E-state index in [0.717, 1.165) is 12.8 Å². The number of hydrogen-bond donors (Lipinski definition) is 0. The Morgan fingerprint density at radius 2 is 1.81 bits per heavy atom. The SMILES string of the molecule is Cc1cccc2c1[C@@]1(C)CC[C@]2(C)N1C(=O)OC(C)(C)C. The molecule has 0 radical (unpaired) electrons. The molecule has 0 aromatic heterocycles. The molecule has 2 atom stereocenters. The fourth-order valence-electron chi connectivity index (χ4n) is 4.29. The van der Waals surface area contributed by atoms with Gasteiger partial charge in [0.15, 0.2) is 0 Å². The molecular formula is C18H25NO2. The third kappa shape index (κ3) is 1.82. The number of rotatable bonds is 0. The molecule has 0 N–H and O–H groups in total. The molecule has 0 spiro atoms. The highest BCUT2D eigenvalue weighted by atomic mass is 16.6. The molecule has 0 unspecified atom stereocenters. The number of hydrogen-bond acceptors (Lipinski definition) is 2. The van der Waals surface area contributed by atoms with Crippen LogP contribution in [0, 0.1) is 6.92 Å². The molecule has 1 fully saturated rings. The van der Waals surface area contributed by atoms with Gasteiger partial charge in [-0.2, -0.15) is 0 Å². The predicted molar refractivity (Wildman–Crippen MR) is 83.2 cm³/mol. The molecule has 1 amide bonds. The molecule has 1 aromatic carbocycles. The van der Waals surface area contributed by atoms with Crippen LogP contribution in [0.3, 0.4) is 0 Å². The minimum absolute atomic E-state index is 0.194. The molecule has 1 aromatic rings. The van der Waals surface area contributed by atoms with Gasteiger partial charge in [-0.1, -0.05) is 18.2 Å². The highest BCUT2D eigenvalue weighted by molar-refractivity contribution is 5.75. The minimum atomic E-state index is -0.465. The van der Waals surface area contributed by atoms with Gasteiger partial charge in [-0.3, -0.25) is 4.90 Å². The van der Waals surface area contributed by atoms with Crippen LogP contribution in [0.15, 0.2) is 18.2 Å². The highest BCUT2D eigenvalue weighted by Gasteiger charge is 2.62. The van der Waals surface area contributed by atoms with Crippen molar-refractivity contribution >= 4 is 6.09 Å². The summed E-state index contributed by atoms with van der Waals surface area (Å²) in [7, 11) is 0. The van der Waals surface area contributed by atoms with Crippen LogP contribution in [0.2, 0.25) is 0 Å². The van der Waals surface area contributed by atoms with E-state index in [1.54, 1.807) is 0 Å². The summed E-state index contributed by atoms with van der Waals surface area (Å²) < 4.78 is 5.69. The number of nitrogens with zero attached hydrogens (tertiary/aromatic N) is 1. The van der Waals surface area contributed by atoms with Crippen LogP contribution >= 0.6 is 0 Å². The monoisotopic (exact) mass is 287 g/mol. The molecular weight excluding hydrogens is 262 g/mol. The van der Waals surface area contributed by atoms with Crippen molar-refractivity contribution in [2.24, 2.45) is 0 Å². The van der Waals surface area contributed by atoms with Crippen LogP contribution in [-0.2, 0) is 15.8 Å². The Bertz CT molecular complexity index is 616. The Kier molecular flexibility index (Phi) is 2.76. The lowest BCUT2D eigenvalue weighted by atomic mass is 9.76. The molecule has 0 aliphatic carbocycles. The van der Waals surface area contributed by atoms with E-state index < -0.39 is 5.60 Å². The normalized spacial score (nSPS) is 30.5. The van der Waals surface area contributed by atoms with Crippen molar-refractivity contribution in [2.75, 3.05) is 0 Å². The zero-order chi connectivity index (χ0) is 15.6. The summed E-state index contributed by atoms with van der Waals surface area (Å²) in [4.78, 5) is 14.8. The van der Waals surface area contributed by atoms with Crippen LogP contribution in [0.5, 0.6) is 0 Å². The Morgan fingerprint density at radius 1 is 1.19 bits per heavy atom. The van der Waals surface area contributed by atoms with Gasteiger partial charge in [0.2, 0.25) is 0 Å². The number of benzene rings is 1. The van der Waals surface area contributed by atoms with Gasteiger partial charge in [0.25, 0.3) is 0 Å². The summed E-state index contributed by atoms with van der Waals surface area (Å²) in [6.45, 7) is 12.3. The first-order chi connectivity index (χ1) is 9.59. The quantitative estimate of drug-likeness (QED) is 0.704. The van der Waals surface area contributed by atoms with Gasteiger partial charge in [-0.15, -0.1) is 0 Å².